The van der Waals surface area contributed by atoms with Crippen LogP contribution in [-0.2, 0) is 0 Å². The summed E-state index contributed by atoms with van der Waals surface area (Å²) in [5.74, 6) is 0.601. The molecule has 0 amide bonds. The van der Waals surface area contributed by atoms with Crippen LogP contribution in [0.1, 0.15) is 39.0 Å². The lowest BCUT2D eigenvalue weighted by atomic mass is 9.98. The molecule has 1 rings (SSSR count). The lowest BCUT2D eigenvalue weighted by molar-refractivity contribution is 0.102. The first-order valence-electron chi connectivity index (χ1n) is 5.23. The van der Waals surface area contributed by atoms with Crippen LogP contribution in [0.2, 0.25) is 0 Å². The molecule has 2 heteroatoms. The van der Waals surface area contributed by atoms with Crippen LogP contribution in [0.25, 0.3) is 0 Å². The van der Waals surface area contributed by atoms with Crippen molar-refractivity contribution in [1.29, 1.82) is 0 Å². The first-order chi connectivity index (χ1) is 5.84. The largest absolute Gasteiger partial charge is 0.393 e. The number of hydrogen-bond acceptors (Lipinski definition) is 2. The van der Waals surface area contributed by atoms with Crippen molar-refractivity contribution in [3.05, 3.63) is 0 Å². The van der Waals surface area contributed by atoms with Crippen LogP contribution in [0, 0.1) is 5.92 Å². The Kier molecular flexibility index (Phi) is 4.62. The smallest absolute Gasteiger partial charge is 0.0580 e. The monoisotopic (exact) mass is 171 g/mol. The molecule has 0 radical (unpaired) electrons. The van der Waals surface area contributed by atoms with Gasteiger partial charge in [0, 0.05) is 0 Å². The van der Waals surface area contributed by atoms with Crippen LogP contribution in [0.5, 0.6) is 0 Å². The van der Waals surface area contributed by atoms with Crippen molar-refractivity contribution in [2.24, 2.45) is 5.92 Å². The maximum Gasteiger partial charge on any atom is 0.0580 e. The van der Waals surface area contributed by atoms with Gasteiger partial charge >= 0.3 is 0 Å². The highest BCUT2D eigenvalue weighted by molar-refractivity contribution is 4.74. The van der Waals surface area contributed by atoms with E-state index >= 15 is 0 Å². The summed E-state index contributed by atoms with van der Waals surface area (Å²) in [5.41, 5.74) is 0. The minimum absolute atomic E-state index is 0.0495. The standard InChI is InChI=1S/C10H21NO/c1-2-11-8-7-10(12)9-5-3-4-6-9/h9-12H,2-8H2,1H3. The summed E-state index contributed by atoms with van der Waals surface area (Å²) in [6.45, 7) is 4.08. The van der Waals surface area contributed by atoms with Gasteiger partial charge in [-0.2, -0.15) is 0 Å². The third kappa shape index (κ3) is 3.11. The summed E-state index contributed by atoms with van der Waals surface area (Å²) >= 11 is 0. The van der Waals surface area contributed by atoms with Gasteiger partial charge in [0.05, 0.1) is 6.10 Å². The van der Waals surface area contributed by atoms with E-state index in [1.807, 2.05) is 0 Å². The lowest BCUT2D eigenvalue weighted by Crippen LogP contribution is -2.24. The van der Waals surface area contributed by atoms with Gasteiger partial charge in [-0.1, -0.05) is 19.8 Å². The van der Waals surface area contributed by atoms with Gasteiger partial charge in [0.2, 0.25) is 0 Å². The minimum Gasteiger partial charge on any atom is -0.393 e. The summed E-state index contributed by atoms with van der Waals surface area (Å²) in [6, 6.07) is 0. The summed E-state index contributed by atoms with van der Waals surface area (Å²) < 4.78 is 0. The van der Waals surface area contributed by atoms with Crippen molar-refractivity contribution in [3.8, 4) is 0 Å². The topological polar surface area (TPSA) is 32.3 Å². The molecule has 0 aromatic heterocycles. The molecule has 0 spiro atoms. The second-order valence-electron chi connectivity index (χ2n) is 3.75. The first kappa shape index (κ1) is 10.0. The van der Waals surface area contributed by atoms with E-state index in [1.165, 1.54) is 25.7 Å². The van der Waals surface area contributed by atoms with E-state index < -0.39 is 0 Å². The van der Waals surface area contributed by atoms with Gasteiger partial charge in [-0.05, 0) is 38.3 Å². The molecule has 0 bridgehead atoms. The summed E-state index contributed by atoms with van der Waals surface area (Å²) in [7, 11) is 0. The van der Waals surface area contributed by atoms with E-state index in [0.29, 0.717) is 5.92 Å². The molecule has 0 heterocycles. The highest BCUT2D eigenvalue weighted by atomic mass is 16.3. The average Bonchev–Trinajstić information content (AvgIpc) is 2.56. The molecule has 1 unspecified atom stereocenters. The Balaban J connectivity index is 2.05. The molecule has 2 nitrogen and oxygen atoms in total. The van der Waals surface area contributed by atoms with Crippen molar-refractivity contribution in [2.45, 2.75) is 45.1 Å². The Morgan fingerprint density at radius 1 is 1.42 bits per heavy atom. The Labute approximate surface area is 75.4 Å². The second kappa shape index (κ2) is 5.55. The lowest BCUT2D eigenvalue weighted by Gasteiger charge is -2.17. The molecule has 72 valence electrons. The van der Waals surface area contributed by atoms with Crippen molar-refractivity contribution in [1.82, 2.24) is 5.32 Å². The van der Waals surface area contributed by atoms with Crippen molar-refractivity contribution in [3.63, 3.8) is 0 Å². The SMILES string of the molecule is CCNCCC(O)C1CCCC1. The molecule has 0 aromatic rings. The second-order valence-corrected chi connectivity index (χ2v) is 3.75. The van der Waals surface area contributed by atoms with Gasteiger partial charge in [-0.3, -0.25) is 0 Å². The molecular weight excluding hydrogens is 150 g/mol. The number of aliphatic hydroxyl groups is 1. The van der Waals surface area contributed by atoms with Crippen molar-refractivity contribution < 1.29 is 5.11 Å². The summed E-state index contributed by atoms with van der Waals surface area (Å²) in [6.07, 6.45) is 6.01. The fraction of sp³-hybridized carbons (Fsp3) is 1.00. The highest BCUT2D eigenvalue weighted by Crippen LogP contribution is 2.28. The molecule has 1 aliphatic carbocycles. The Morgan fingerprint density at radius 2 is 2.08 bits per heavy atom. The molecule has 0 saturated heterocycles. The van der Waals surface area contributed by atoms with Gasteiger partial charge in [-0.15, -0.1) is 0 Å². The molecule has 0 aliphatic heterocycles. The molecule has 1 fully saturated rings. The molecule has 0 aromatic carbocycles. The van der Waals surface area contributed by atoms with Crippen LogP contribution in [0.4, 0.5) is 0 Å². The van der Waals surface area contributed by atoms with E-state index in [9.17, 15) is 5.11 Å². The zero-order valence-corrected chi connectivity index (χ0v) is 8.05. The minimum atomic E-state index is -0.0495. The van der Waals surface area contributed by atoms with Crippen LogP contribution in [-0.4, -0.2) is 24.3 Å². The van der Waals surface area contributed by atoms with Crippen LogP contribution < -0.4 is 5.32 Å². The van der Waals surface area contributed by atoms with Crippen molar-refractivity contribution >= 4 is 0 Å². The van der Waals surface area contributed by atoms with E-state index in [2.05, 4.69) is 12.2 Å². The Bertz CT molecular complexity index is 110. The molecule has 2 N–H and O–H groups in total. The van der Waals surface area contributed by atoms with E-state index in [0.717, 1.165) is 19.5 Å². The fourth-order valence-electron chi connectivity index (χ4n) is 2.00. The van der Waals surface area contributed by atoms with Gasteiger partial charge < -0.3 is 10.4 Å². The normalized spacial score (nSPS) is 21.5. The zero-order chi connectivity index (χ0) is 8.81. The number of nitrogens with one attached hydrogen (secondary N) is 1. The first-order valence-corrected chi connectivity index (χ1v) is 5.23. The van der Waals surface area contributed by atoms with Gasteiger partial charge in [-0.25, -0.2) is 0 Å². The average molecular weight is 171 g/mol. The quantitative estimate of drug-likeness (QED) is 0.615. The molecule has 1 aliphatic rings. The predicted molar refractivity (Wildman–Crippen MR) is 51.1 cm³/mol. The number of aliphatic hydroxyl groups excluding tert-OH is 1. The molecular formula is C10H21NO. The summed E-state index contributed by atoms with van der Waals surface area (Å²) in [5, 5.41) is 13.0. The molecule has 1 atom stereocenters. The van der Waals surface area contributed by atoms with Crippen molar-refractivity contribution in [2.75, 3.05) is 13.1 Å². The summed E-state index contributed by atoms with van der Waals surface area (Å²) in [4.78, 5) is 0. The van der Waals surface area contributed by atoms with Gasteiger partial charge in [0.15, 0.2) is 0 Å². The van der Waals surface area contributed by atoms with Crippen LogP contribution in [0.3, 0.4) is 0 Å². The Morgan fingerprint density at radius 3 is 2.67 bits per heavy atom. The van der Waals surface area contributed by atoms with Gasteiger partial charge in [0.1, 0.15) is 0 Å². The van der Waals surface area contributed by atoms with Gasteiger partial charge in [0.25, 0.3) is 0 Å². The van der Waals surface area contributed by atoms with E-state index in [-0.39, 0.29) is 6.10 Å². The van der Waals surface area contributed by atoms with E-state index in [1.54, 1.807) is 0 Å². The molecule has 12 heavy (non-hydrogen) atoms. The highest BCUT2D eigenvalue weighted by Gasteiger charge is 2.22. The third-order valence-corrected chi connectivity index (χ3v) is 2.81. The van der Waals surface area contributed by atoms with Crippen LogP contribution >= 0.6 is 0 Å². The fourth-order valence-corrected chi connectivity index (χ4v) is 2.00. The number of rotatable bonds is 5. The molecule has 1 saturated carbocycles. The van der Waals surface area contributed by atoms with Crippen LogP contribution in [0.15, 0.2) is 0 Å². The predicted octanol–water partition coefficient (Wildman–Crippen LogP) is 1.54. The maximum absolute atomic E-state index is 9.74. The number of hydrogen-bond donors (Lipinski definition) is 2. The zero-order valence-electron chi connectivity index (χ0n) is 8.05. The van der Waals surface area contributed by atoms with E-state index in [4.69, 9.17) is 0 Å². The Hall–Kier alpha value is -0.0800. The third-order valence-electron chi connectivity index (χ3n) is 2.81. The maximum atomic E-state index is 9.74.